The third-order valence-electron chi connectivity index (χ3n) is 3.77. The molecular weight excluding hydrogens is 336 g/mol. The van der Waals surface area contributed by atoms with Crippen LogP contribution in [-0.2, 0) is 0 Å². The van der Waals surface area contributed by atoms with Crippen molar-refractivity contribution in [3.8, 4) is 11.5 Å². The summed E-state index contributed by atoms with van der Waals surface area (Å²) in [6.45, 7) is 1.43. The smallest absolute Gasteiger partial charge is 0.204 e. The lowest BCUT2D eigenvalue weighted by Gasteiger charge is -2.22. The van der Waals surface area contributed by atoms with Gasteiger partial charge in [0.15, 0.2) is 5.11 Å². The van der Waals surface area contributed by atoms with Crippen molar-refractivity contribution in [2.75, 3.05) is 37.9 Å². The molecule has 2 aromatic carbocycles. The zero-order valence-corrected chi connectivity index (χ0v) is 15.0. The number of thiocarbonyl (C=S) groups is 1. The summed E-state index contributed by atoms with van der Waals surface area (Å²) in [6, 6.07) is 15.3. The topological polar surface area (TPSA) is 58.1 Å². The van der Waals surface area contributed by atoms with E-state index in [9.17, 15) is 0 Å². The highest BCUT2D eigenvalue weighted by molar-refractivity contribution is 7.80. The number of nitrogens with zero attached hydrogens (tertiary/aromatic N) is 2. The van der Waals surface area contributed by atoms with Crippen LogP contribution >= 0.6 is 12.2 Å². The SMILES string of the molecule is COc1ccc(NC(=S)N2CCN=C2Nc2ccc(OC)cc2)cc1. The Morgan fingerprint density at radius 3 is 2.08 bits per heavy atom. The summed E-state index contributed by atoms with van der Waals surface area (Å²) in [5, 5.41) is 7.13. The molecule has 0 fully saturated rings. The van der Waals surface area contributed by atoms with Crippen LogP contribution in [-0.4, -0.2) is 43.3 Å². The number of aliphatic imine (C=N–C) groups is 1. The summed E-state index contributed by atoms with van der Waals surface area (Å²) < 4.78 is 10.3. The normalized spacial score (nSPS) is 13.2. The van der Waals surface area contributed by atoms with Crippen LogP contribution in [0.15, 0.2) is 53.5 Å². The molecule has 25 heavy (non-hydrogen) atoms. The number of rotatable bonds is 4. The maximum Gasteiger partial charge on any atom is 0.204 e. The van der Waals surface area contributed by atoms with Crippen molar-refractivity contribution in [1.82, 2.24) is 4.90 Å². The molecule has 0 aromatic heterocycles. The molecule has 0 radical (unpaired) electrons. The van der Waals surface area contributed by atoms with Gasteiger partial charge < -0.3 is 20.1 Å². The second kappa shape index (κ2) is 7.85. The Bertz CT molecular complexity index is 760. The highest BCUT2D eigenvalue weighted by atomic mass is 32.1. The van der Waals surface area contributed by atoms with Crippen molar-refractivity contribution >= 4 is 34.7 Å². The first kappa shape index (κ1) is 17.0. The van der Waals surface area contributed by atoms with E-state index in [0.29, 0.717) is 11.7 Å². The van der Waals surface area contributed by atoms with Crippen molar-refractivity contribution in [2.24, 2.45) is 4.99 Å². The first-order valence-electron chi connectivity index (χ1n) is 7.87. The van der Waals surface area contributed by atoms with Crippen molar-refractivity contribution in [3.05, 3.63) is 48.5 Å². The Kier molecular flexibility index (Phi) is 5.35. The van der Waals surface area contributed by atoms with E-state index in [1.54, 1.807) is 14.2 Å². The van der Waals surface area contributed by atoms with Gasteiger partial charge in [-0.25, -0.2) is 0 Å². The Balaban J connectivity index is 1.64. The predicted molar refractivity (Wildman–Crippen MR) is 105 cm³/mol. The van der Waals surface area contributed by atoms with Crippen LogP contribution in [0.1, 0.15) is 0 Å². The van der Waals surface area contributed by atoms with Crippen molar-refractivity contribution < 1.29 is 9.47 Å². The predicted octanol–water partition coefficient (Wildman–Crippen LogP) is 3.18. The van der Waals surface area contributed by atoms with Crippen LogP contribution < -0.4 is 20.1 Å². The number of hydrogen-bond acceptors (Lipinski definition) is 5. The largest absolute Gasteiger partial charge is 0.497 e. The summed E-state index contributed by atoms with van der Waals surface area (Å²) in [5.41, 5.74) is 1.83. The molecule has 0 saturated carbocycles. The highest BCUT2D eigenvalue weighted by Gasteiger charge is 2.21. The third kappa shape index (κ3) is 4.19. The Morgan fingerprint density at radius 2 is 1.52 bits per heavy atom. The van der Waals surface area contributed by atoms with E-state index in [4.69, 9.17) is 21.7 Å². The van der Waals surface area contributed by atoms with E-state index in [1.807, 2.05) is 53.4 Å². The Morgan fingerprint density at radius 1 is 0.960 bits per heavy atom. The van der Waals surface area contributed by atoms with Crippen LogP contribution in [0, 0.1) is 0 Å². The molecule has 0 atom stereocenters. The molecule has 2 N–H and O–H groups in total. The maximum absolute atomic E-state index is 5.53. The molecule has 1 aliphatic heterocycles. The molecule has 6 nitrogen and oxygen atoms in total. The third-order valence-corrected chi connectivity index (χ3v) is 4.10. The lowest BCUT2D eigenvalue weighted by Crippen LogP contribution is -2.40. The average molecular weight is 356 g/mol. The zero-order chi connectivity index (χ0) is 17.6. The molecule has 1 aliphatic rings. The van der Waals surface area contributed by atoms with E-state index >= 15 is 0 Å². The van der Waals surface area contributed by atoms with Gasteiger partial charge in [-0.15, -0.1) is 0 Å². The molecule has 0 amide bonds. The van der Waals surface area contributed by atoms with Crippen molar-refractivity contribution in [3.63, 3.8) is 0 Å². The van der Waals surface area contributed by atoms with Crippen LogP contribution in [0.3, 0.4) is 0 Å². The van der Waals surface area contributed by atoms with E-state index in [0.717, 1.165) is 35.4 Å². The molecule has 0 aliphatic carbocycles. The Hall–Kier alpha value is -2.80. The minimum atomic E-state index is 0.599. The van der Waals surface area contributed by atoms with Crippen LogP contribution in [0.2, 0.25) is 0 Å². The number of anilines is 2. The molecule has 7 heteroatoms. The molecule has 0 saturated heterocycles. The monoisotopic (exact) mass is 356 g/mol. The second-order valence-electron chi connectivity index (χ2n) is 5.37. The quantitative estimate of drug-likeness (QED) is 0.821. The van der Waals surface area contributed by atoms with Gasteiger partial charge >= 0.3 is 0 Å². The van der Waals surface area contributed by atoms with Crippen LogP contribution in [0.5, 0.6) is 11.5 Å². The van der Waals surface area contributed by atoms with Gasteiger partial charge in [-0.1, -0.05) is 0 Å². The minimum absolute atomic E-state index is 0.599. The van der Waals surface area contributed by atoms with Gasteiger partial charge in [-0.05, 0) is 60.7 Å². The standard InChI is InChI=1S/C18H20N4O2S/c1-23-15-7-3-13(4-8-15)20-17-19-11-12-22(17)18(25)21-14-5-9-16(24-2)10-6-14/h3-10H,11-12H2,1-2H3,(H,19,20)(H,21,25). The first-order chi connectivity index (χ1) is 12.2. The molecule has 0 spiro atoms. The minimum Gasteiger partial charge on any atom is -0.497 e. The molecule has 2 aromatic rings. The number of hydrogen-bond donors (Lipinski definition) is 2. The highest BCUT2D eigenvalue weighted by Crippen LogP contribution is 2.18. The fourth-order valence-electron chi connectivity index (χ4n) is 2.42. The van der Waals surface area contributed by atoms with E-state index in [1.165, 1.54) is 0 Å². The molecule has 130 valence electrons. The van der Waals surface area contributed by atoms with Gasteiger partial charge in [0.1, 0.15) is 11.5 Å². The molecular formula is C18H20N4O2S. The molecule has 1 heterocycles. The summed E-state index contributed by atoms with van der Waals surface area (Å²) >= 11 is 5.53. The van der Waals surface area contributed by atoms with Crippen molar-refractivity contribution in [2.45, 2.75) is 0 Å². The van der Waals surface area contributed by atoms with Gasteiger partial charge in [-0.3, -0.25) is 9.89 Å². The average Bonchev–Trinajstić information content (AvgIpc) is 3.11. The molecule has 0 bridgehead atoms. The molecule has 3 rings (SSSR count). The van der Waals surface area contributed by atoms with Gasteiger partial charge in [0, 0.05) is 17.9 Å². The fourth-order valence-corrected chi connectivity index (χ4v) is 2.72. The molecule has 0 unspecified atom stereocenters. The Labute approximate surface area is 152 Å². The van der Waals surface area contributed by atoms with E-state index in [-0.39, 0.29) is 0 Å². The number of ether oxygens (including phenoxy) is 2. The second-order valence-corrected chi connectivity index (χ2v) is 5.76. The van der Waals surface area contributed by atoms with Crippen molar-refractivity contribution in [1.29, 1.82) is 0 Å². The van der Waals surface area contributed by atoms with Gasteiger partial charge in [0.2, 0.25) is 5.96 Å². The number of guanidine groups is 1. The lowest BCUT2D eigenvalue weighted by molar-refractivity contribution is 0.415. The first-order valence-corrected chi connectivity index (χ1v) is 8.28. The van der Waals surface area contributed by atoms with Gasteiger partial charge in [0.25, 0.3) is 0 Å². The van der Waals surface area contributed by atoms with Gasteiger partial charge in [-0.2, -0.15) is 0 Å². The summed E-state index contributed by atoms with van der Waals surface area (Å²) in [5.74, 6) is 2.35. The number of nitrogens with one attached hydrogen (secondary N) is 2. The zero-order valence-electron chi connectivity index (χ0n) is 14.2. The fraction of sp³-hybridized carbons (Fsp3) is 0.222. The lowest BCUT2D eigenvalue weighted by atomic mass is 10.3. The van der Waals surface area contributed by atoms with Crippen LogP contribution in [0.4, 0.5) is 11.4 Å². The maximum atomic E-state index is 5.53. The van der Waals surface area contributed by atoms with E-state index < -0.39 is 0 Å². The summed E-state index contributed by atoms with van der Waals surface area (Å²) in [4.78, 5) is 6.45. The number of benzene rings is 2. The summed E-state index contributed by atoms with van der Waals surface area (Å²) in [6.07, 6.45) is 0. The van der Waals surface area contributed by atoms with Crippen LogP contribution in [0.25, 0.3) is 0 Å². The van der Waals surface area contributed by atoms with E-state index in [2.05, 4.69) is 15.6 Å². The summed E-state index contributed by atoms with van der Waals surface area (Å²) in [7, 11) is 3.29. The van der Waals surface area contributed by atoms with Gasteiger partial charge in [0.05, 0.1) is 20.8 Å². The number of methoxy groups -OCH3 is 2.